The van der Waals surface area contributed by atoms with Gasteiger partial charge in [0.05, 0.1) is 11.0 Å². The molecule has 1 aliphatic carbocycles. The van der Waals surface area contributed by atoms with E-state index in [1.165, 1.54) is 44.1 Å². The molecular weight excluding hydrogens is 478 g/mol. The zero-order valence-electron chi connectivity index (χ0n) is 19.6. The first-order chi connectivity index (χ1) is 16.8. The molecule has 0 bridgehead atoms. The molecule has 0 fully saturated rings. The van der Waals surface area contributed by atoms with Crippen LogP contribution in [0.3, 0.4) is 0 Å². The lowest BCUT2D eigenvalue weighted by molar-refractivity contribution is 1.04. The van der Waals surface area contributed by atoms with Gasteiger partial charge in [-0.3, -0.25) is 0 Å². The maximum Gasteiger partial charge on any atom is 0.0541 e. The molecule has 0 saturated carbocycles. The van der Waals surface area contributed by atoms with Gasteiger partial charge in [-0.05, 0) is 77.6 Å². The molecule has 0 unspecified atom stereocenters. The Labute approximate surface area is 210 Å². The highest BCUT2D eigenvalue weighted by molar-refractivity contribution is 9.10. The number of allylic oxidation sites excluding steroid dienone is 4. The van der Waals surface area contributed by atoms with E-state index in [1.54, 1.807) is 0 Å². The summed E-state index contributed by atoms with van der Waals surface area (Å²) >= 11 is 3.65. The lowest BCUT2D eigenvalue weighted by Crippen LogP contribution is -1.94. The summed E-state index contributed by atoms with van der Waals surface area (Å²) < 4.78 is 3.46. The summed E-state index contributed by atoms with van der Waals surface area (Å²) in [6.07, 6.45) is 9.13. The van der Waals surface area contributed by atoms with Gasteiger partial charge < -0.3 is 4.57 Å². The van der Waals surface area contributed by atoms with E-state index in [0.717, 1.165) is 23.0 Å². The monoisotopic (exact) mass is 505 g/mol. The van der Waals surface area contributed by atoms with Crippen molar-refractivity contribution in [3.63, 3.8) is 0 Å². The van der Waals surface area contributed by atoms with Gasteiger partial charge in [-0.2, -0.15) is 0 Å². The molecule has 0 aliphatic heterocycles. The van der Waals surface area contributed by atoms with Crippen LogP contribution in [0.1, 0.15) is 32.3 Å². The molecule has 0 amide bonds. The molecule has 0 spiro atoms. The molecule has 0 saturated heterocycles. The van der Waals surface area contributed by atoms with Crippen LogP contribution < -0.4 is 0 Å². The van der Waals surface area contributed by atoms with Gasteiger partial charge in [0.1, 0.15) is 0 Å². The van der Waals surface area contributed by atoms with Crippen molar-refractivity contribution >= 4 is 43.3 Å². The number of rotatable bonds is 3. The average Bonchev–Trinajstić information content (AvgIpc) is 3.24. The fourth-order valence-electron chi connectivity index (χ4n) is 4.73. The quantitative estimate of drug-likeness (QED) is 0.229. The van der Waals surface area contributed by atoms with E-state index in [1.807, 2.05) is 13.8 Å². The van der Waals surface area contributed by atoms with Crippen LogP contribution >= 0.6 is 15.9 Å². The minimum Gasteiger partial charge on any atom is -0.309 e. The number of halogens is 1. The lowest BCUT2D eigenvalue weighted by atomic mass is 9.97. The van der Waals surface area contributed by atoms with Crippen LogP contribution in [0, 0.1) is 0 Å². The largest absolute Gasteiger partial charge is 0.309 e. The van der Waals surface area contributed by atoms with Crippen LogP contribution in [0.5, 0.6) is 0 Å². The van der Waals surface area contributed by atoms with Gasteiger partial charge in [-0.15, -0.1) is 0 Å². The fourth-order valence-corrected chi connectivity index (χ4v) is 5.12. The van der Waals surface area contributed by atoms with Gasteiger partial charge >= 0.3 is 0 Å². The summed E-state index contributed by atoms with van der Waals surface area (Å²) in [7, 11) is 0. The van der Waals surface area contributed by atoms with Crippen LogP contribution in [-0.4, -0.2) is 4.57 Å². The van der Waals surface area contributed by atoms with Gasteiger partial charge in [-0.1, -0.05) is 96.5 Å². The van der Waals surface area contributed by atoms with E-state index < -0.39 is 0 Å². The highest BCUT2D eigenvalue weighted by atomic mass is 79.9. The molecule has 4 aromatic carbocycles. The Morgan fingerprint density at radius 1 is 0.647 bits per heavy atom. The Bertz CT molecular complexity index is 1520. The molecule has 0 atom stereocenters. The molecule has 34 heavy (non-hydrogen) atoms. The number of hydrogen-bond donors (Lipinski definition) is 0. The second-order valence-corrected chi connectivity index (χ2v) is 9.20. The van der Waals surface area contributed by atoms with Crippen LogP contribution in [0.25, 0.3) is 44.2 Å². The van der Waals surface area contributed by atoms with Gasteiger partial charge in [0.2, 0.25) is 0 Å². The van der Waals surface area contributed by atoms with Crippen molar-refractivity contribution in [1.29, 1.82) is 0 Å². The van der Waals surface area contributed by atoms with E-state index in [2.05, 4.69) is 130 Å². The number of hydrogen-bond acceptors (Lipinski definition) is 0. The van der Waals surface area contributed by atoms with Crippen molar-refractivity contribution in [2.45, 2.75) is 26.7 Å². The third kappa shape index (κ3) is 4.15. The Hall–Kier alpha value is -3.36. The zero-order valence-corrected chi connectivity index (χ0v) is 21.2. The molecular formula is C32H28BrN. The van der Waals surface area contributed by atoms with E-state index in [9.17, 15) is 0 Å². The maximum atomic E-state index is 3.65. The Kier molecular flexibility index (Phi) is 6.51. The van der Waals surface area contributed by atoms with Gasteiger partial charge in [0, 0.05) is 20.9 Å². The summed E-state index contributed by atoms with van der Waals surface area (Å²) in [5, 5.41) is 2.57. The number of benzene rings is 4. The van der Waals surface area contributed by atoms with E-state index in [4.69, 9.17) is 0 Å². The van der Waals surface area contributed by atoms with Gasteiger partial charge in [-0.25, -0.2) is 0 Å². The molecule has 1 aromatic heterocycles. The molecule has 0 N–H and O–H groups in total. The molecule has 2 heteroatoms. The summed E-state index contributed by atoms with van der Waals surface area (Å²) in [5.41, 5.74) is 8.71. The van der Waals surface area contributed by atoms with Crippen LogP contribution in [0.2, 0.25) is 0 Å². The van der Waals surface area contributed by atoms with Crippen molar-refractivity contribution in [3.8, 4) is 16.8 Å². The molecule has 6 rings (SSSR count). The number of aromatic nitrogens is 1. The van der Waals surface area contributed by atoms with Crippen molar-refractivity contribution < 1.29 is 0 Å². The predicted molar refractivity (Wildman–Crippen MR) is 152 cm³/mol. The van der Waals surface area contributed by atoms with Crippen molar-refractivity contribution in [1.82, 2.24) is 4.57 Å². The minimum absolute atomic E-state index is 1.08. The molecule has 0 radical (unpaired) electrons. The number of fused-ring (bicyclic) bond motifs is 3. The van der Waals surface area contributed by atoms with Gasteiger partial charge in [0.15, 0.2) is 0 Å². The molecule has 5 aromatic rings. The summed E-state index contributed by atoms with van der Waals surface area (Å²) in [5.74, 6) is 0. The Morgan fingerprint density at radius 3 is 2.03 bits per heavy atom. The topological polar surface area (TPSA) is 4.93 Å². The average molecular weight is 506 g/mol. The number of nitrogens with zero attached hydrogens (tertiary/aromatic N) is 1. The standard InChI is InChI=1S/C30H22BrN.C2H6/c31-25-12-7-13-26(20-25)32-29-16-14-23(21-8-3-1-4-9-21)18-27(29)28-19-24(15-17-30(28)32)22-10-5-2-6-11-22;1-2/h1,3-5,7-20H,2,6H2;1-2H3. The molecule has 168 valence electrons. The second-order valence-electron chi connectivity index (χ2n) is 8.28. The molecule has 1 nitrogen and oxygen atoms in total. The van der Waals surface area contributed by atoms with Crippen LogP contribution in [0.4, 0.5) is 0 Å². The summed E-state index contributed by atoms with van der Waals surface area (Å²) in [6.45, 7) is 4.00. The fraction of sp³-hybridized carbons (Fsp3) is 0.125. The van der Waals surface area contributed by atoms with Crippen molar-refractivity contribution in [2.75, 3.05) is 0 Å². The SMILES string of the molecule is Brc1cccc(-n2c3ccc(C4=CCCC=C4)cc3c3cc(-c4ccccc4)ccc32)c1.CC. The highest BCUT2D eigenvalue weighted by Crippen LogP contribution is 2.37. The first kappa shape index (κ1) is 22.4. The Morgan fingerprint density at radius 2 is 1.35 bits per heavy atom. The first-order valence-corrected chi connectivity index (χ1v) is 12.8. The Balaban J connectivity index is 0.00000117. The third-order valence-electron chi connectivity index (χ3n) is 6.27. The molecule has 1 heterocycles. The zero-order chi connectivity index (χ0) is 23.5. The van der Waals surface area contributed by atoms with Crippen molar-refractivity contribution in [3.05, 3.63) is 119 Å². The van der Waals surface area contributed by atoms with Crippen molar-refractivity contribution in [2.24, 2.45) is 0 Å². The second kappa shape index (κ2) is 9.87. The predicted octanol–water partition coefficient (Wildman–Crippen LogP) is 9.97. The van der Waals surface area contributed by atoms with E-state index in [0.29, 0.717) is 0 Å². The summed E-state index contributed by atoms with van der Waals surface area (Å²) in [4.78, 5) is 0. The minimum atomic E-state index is 1.08. The summed E-state index contributed by atoms with van der Waals surface area (Å²) in [6, 6.07) is 32.9. The maximum absolute atomic E-state index is 3.65. The smallest absolute Gasteiger partial charge is 0.0541 e. The van der Waals surface area contributed by atoms with E-state index in [-0.39, 0.29) is 0 Å². The lowest BCUT2D eigenvalue weighted by Gasteiger charge is -2.10. The third-order valence-corrected chi connectivity index (χ3v) is 6.76. The van der Waals surface area contributed by atoms with Gasteiger partial charge in [0.25, 0.3) is 0 Å². The first-order valence-electron chi connectivity index (χ1n) is 12.0. The van der Waals surface area contributed by atoms with E-state index >= 15 is 0 Å². The molecule has 1 aliphatic rings. The van der Waals surface area contributed by atoms with Crippen LogP contribution in [0.15, 0.2) is 114 Å². The normalized spacial score (nSPS) is 13.0. The van der Waals surface area contributed by atoms with Crippen LogP contribution in [-0.2, 0) is 0 Å². The highest BCUT2D eigenvalue weighted by Gasteiger charge is 2.15.